The van der Waals surface area contributed by atoms with Crippen LogP contribution in [-0.4, -0.2) is 18.6 Å². The van der Waals surface area contributed by atoms with Crippen molar-refractivity contribution in [2.45, 2.75) is 38.5 Å². The fraction of sp³-hybridized carbons (Fsp3) is 0.429. The van der Waals surface area contributed by atoms with E-state index in [1.165, 1.54) is 11.1 Å². The van der Waals surface area contributed by atoms with Crippen LogP contribution in [-0.2, 0) is 22.2 Å². The quantitative estimate of drug-likeness (QED) is 0.931. The fourth-order valence-corrected chi connectivity index (χ4v) is 4.01. The fourth-order valence-electron chi connectivity index (χ4n) is 2.79. The topological polar surface area (TPSA) is 85.1 Å². The van der Waals surface area contributed by atoms with Gasteiger partial charge >= 0.3 is 0 Å². The first-order chi connectivity index (χ1) is 9.94. The average molecular weight is 307 g/mol. The van der Waals surface area contributed by atoms with Crippen molar-refractivity contribution in [3.8, 4) is 0 Å². The molecule has 0 aliphatic heterocycles. The Balaban J connectivity index is 1.77. The lowest BCUT2D eigenvalue weighted by molar-refractivity contribution is 0.388. The Labute approximate surface area is 123 Å². The molecule has 21 heavy (non-hydrogen) atoms. The largest absolute Gasteiger partial charge is 0.340 e. The van der Waals surface area contributed by atoms with Crippen LogP contribution in [0.25, 0.3) is 0 Å². The summed E-state index contributed by atoms with van der Waals surface area (Å²) in [5, 5.41) is 3.63. The Bertz CT molecular complexity index is 768. The van der Waals surface area contributed by atoms with Crippen LogP contribution >= 0.6 is 0 Å². The van der Waals surface area contributed by atoms with E-state index in [0.717, 1.165) is 18.4 Å². The first kappa shape index (κ1) is 14.2. The molecule has 0 radical (unpaired) electrons. The smallest absolute Gasteiger partial charge is 0.223 e. The number of sulfonamides is 1. The number of hydrogen-bond acceptors (Lipinski definition) is 5. The minimum Gasteiger partial charge on any atom is -0.340 e. The normalized spacial score (nSPS) is 17.9. The summed E-state index contributed by atoms with van der Waals surface area (Å²) in [6.45, 7) is 3.68. The highest BCUT2D eigenvalue weighted by Crippen LogP contribution is 2.33. The van der Waals surface area contributed by atoms with Crippen molar-refractivity contribution in [1.29, 1.82) is 0 Å². The molecule has 1 unspecified atom stereocenters. The Morgan fingerprint density at radius 3 is 2.90 bits per heavy atom. The lowest BCUT2D eigenvalue weighted by Crippen LogP contribution is -2.28. The molecule has 0 spiro atoms. The van der Waals surface area contributed by atoms with Crippen molar-refractivity contribution >= 4 is 10.0 Å². The van der Waals surface area contributed by atoms with Gasteiger partial charge in [0.2, 0.25) is 15.9 Å². The van der Waals surface area contributed by atoms with Gasteiger partial charge in [-0.1, -0.05) is 23.4 Å². The highest BCUT2D eigenvalue weighted by Gasteiger charge is 2.28. The van der Waals surface area contributed by atoms with Gasteiger partial charge in [-0.15, -0.1) is 0 Å². The molecule has 0 bridgehead atoms. The third-order valence-corrected chi connectivity index (χ3v) is 5.00. The molecule has 0 amide bonds. The van der Waals surface area contributed by atoms with Crippen molar-refractivity contribution in [1.82, 2.24) is 14.9 Å². The van der Waals surface area contributed by atoms with Gasteiger partial charge in [0.15, 0.2) is 5.82 Å². The van der Waals surface area contributed by atoms with Crippen LogP contribution in [0.3, 0.4) is 0 Å². The lowest BCUT2D eigenvalue weighted by atomic mass is 10.0. The Morgan fingerprint density at radius 2 is 2.19 bits per heavy atom. The molecule has 3 rings (SSSR count). The summed E-state index contributed by atoms with van der Waals surface area (Å²) in [6, 6.07) is 5.83. The third kappa shape index (κ3) is 2.98. The number of nitrogens with one attached hydrogen (secondary N) is 1. The number of aromatic nitrogens is 2. The Kier molecular flexibility index (Phi) is 3.54. The summed E-state index contributed by atoms with van der Waals surface area (Å²) in [5.41, 5.74) is 3.53. The minimum atomic E-state index is -3.50. The zero-order valence-electron chi connectivity index (χ0n) is 12.0. The van der Waals surface area contributed by atoms with E-state index < -0.39 is 10.0 Å². The number of benzene rings is 1. The third-order valence-electron chi connectivity index (χ3n) is 3.72. The first-order valence-corrected chi connectivity index (χ1v) is 8.47. The van der Waals surface area contributed by atoms with E-state index >= 15 is 0 Å². The van der Waals surface area contributed by atoms with E-state index in [4.69, 9.17) is 4.52 Å². The van der Waals surface area contributed by atoms with E-state index in [0.29, 0.717) is 5.89 Å². The number of hydrogen-bond donors (Lipinski definition) is 1. The summed E-state index contributed by atoms with van der Waals surface area (Å²) >= 11 is 0. The van der Waals surface area contributed by atoms with Crippen LogP contribution < -0.4 is 4.72 Å². The minimum absolute atomic E-state index is 0.169. The van der Waals surface area contributed by atoms with Gasteiger partial charge in [0.1, 0.15) is 5.75 Å². The summed E-state index contributed by atoms with van der Waals surface area (Å²) in [4.78, 5) is 3.93. The molecule has 1 atom stereocenters. The van der Waals surface area contributed by atoms with Crippen molar-refractivity contribution < 1.29 is 12.9 Å². The van der Waals surface area contributed by atoms with E-state index in [1.54, 1.807) is 6.92 Å². The van der Waals surface area contributed by atoms with Crippen LogP contribution in [0.1, 0.15) is 40.9 Å². The maximum atomic E-state index is 12.2. The lowest BCUT2D eigenvalue weighted by Gasteiger charge is -2.14. The highest BCUT2D eigenvalue weighted by molar-refractivity contribution is 7.88. The van der Waals surface area contributed by atoms with Gasteiger partial charge in [0, 0.05) is 13.0 Å². The SMILES string of the molecule is Cc1nc(CS(=O)(=O)NC2CCc3c(C)cccc32)no1. The molecule has 1 aliphatic rings. The van der Waals surface area contributed by atoms with Gasteiger partial charge < -0.3 is 4.52 Å². The van der Waals surface area contributed by atoms with E-state index in [9.17, 15) is 8.42 Å². The van der Waals surface area contributed by atoms with Gasteiger partial charge in [-0.3, -0.25) is 0 Å². The van der Waals surface area contributed by atoms with Gasteiger partial charge in [0.25, 0.3) is 0 Å². The van der Waals surface area contributed by atoms with E-state index in [-0.39, 0.29) is 17.6 Å². The molecule has 1 aromatic heterocycles. The maximum Gasteiger partial charge on any atom is 0.223 e. The number of aryl methyl sites for hydroxylation is 2. The summed E-state index contributed by atoms with van der Waals surface area (Å²) < 4.78 is 32.0. The van der Waals surface area contributed by atoms with Gasteiger partial charge in [-0.25, -0.2) is 13.1 Å². The molecule has 0 fully saturated rings. The van der Waals surface area contributed by atoms with Crippen LogP contribution in [0.4, 0.5) is 0 Å². The Hall–Kier alpha value is -1.73. The van der Waals surface area contributed by atoms with Crippen molar-refractivity contribution in [2.24, 2.45) is 0 Å². The zero-order chi connectivity index (χ0) is 15.0. The summed E-state index contributed by atoms with van der Waals surface area (Å²) in [5.74, 6) is 0.284. The van der Waals surface area contributed by atoms with Crippen LogP contribution in [0.2, 0.25) is 0 Å². The van der Waals surface area contributed by atoms with Crippen molar-refractivity contribution in [3.05, 3.63) is 46.6 Å². The van der Waals surface area contributed by atoms with E-state index in [1.807, 2.05) is 12.1 Å². The van der Waals surface area contributed by atoms with Crippen molar-refractivity contribution in [3.63, 3.8) is 0 Å². The molecule has 6 nitrogen and oxygen atoms in total. The molecule has 0 saturated heterocycles. The predicted molar refractivity (Wildman–Crippen MR) is 77.0 cm³/mol. The second-order valence-corrected chi connectivity index (χ2v) is 7.09. The van der Waals surface area contributed by atoms with E-state index in [2.05, 4.69) is 27.9 Å². The van der Waals surface area contributed by atoms with Gasteiger partial charge in [-0.2, -0.15) is 4.98 Å². The molecular weight excluding hydrogens is 290 g/mol. The number of fused-ring (bicyclic) bond motifs is 1. The van der Waals surface area contributed by atoms with Crippen LogP contribution in [0.5, 0.6) is 0 Å². The second kappa shape index (κ2) is 5.23. The molecule has 112 valence electrons. The number of rotatable bonds is 4. The summed E-state index contributed by atoms with van der Waals surface area (Å²) in [7, 11) is -3.50. The molecule has 2 aromatic rings. The molecule has 0 saturated carbocycles. The molecule has 1 heterocycles. The van der Waals surface area contributed by atoms with Crippen molar-refractivity contribution in [2.75, 3.05) is 0 Å². The first-order valence-electron chi connectivity index (χ1n) is 6.82. The Morgan fingerprint density at radius 1 is 1.38 bits per heavy atom. The van der Waals surface area contributed by atoms with Crippen LogP contribution in [0.15, 0.2) is 22.7 Å². The standard InChI is InChI=1S/C14H17N3O3S/c1-9-4-3-5-12-11(9)6-7-13(12)17-21(18,19)8-14-15-10(2)20-16-14/h3-5,13,17H,6-8H2,1-2H3. The van der Waals surface area contributed by atoms with Crippen LogP contribution in [0, 0.1) is 13.8 Å². The molecule has 7 heteroatoms. The van der Waals surface area contributed by atoms with Gasteiger partial charge in [0.05, 0.1) is 0 Å². The monoisotopic (exact) mass is 307 g/mol. The highest BCUT2D eigenvalue weighted by atomic mass is 32.2. The molecular formula is C14H17N3O3S. The maximum absolute atomic E-state index is 12.2. The second-order valence-electron chi connectivity index (χ2n) is 5.34. The van der Waals surface area contributed by atoms with Gasteiger partial charge in [-0.05, 0) is 36.5 Å². The molecule has 1 aromatic carbocycles. The molecule has 1 aliphatic carbocycles. The number of nitrogens with zero attached hydrogens (tertiary/aromatic N) is 2. The average Bonchev–Trinajstić information content (AvgIpc) is 2.97. The zero-order valence-corrected chi connectivity index (χ0v) is 12.8. The summed E-state index contributed by atoms with van der Waals surface area (Å²) in [6.07, 6.45) is 1.68. The predicted octanol–water partition coefficient (Wildman–Crippen LogP) is 1.79. The molecule has 1 N–H and O–H groups in total.